The van der Waals surface area contributed by atoms with Crippen LogP contribution >= 0.6 is 0 Å². The monoisotopic (exact) mass is 302 g/mol. The first-order valence-electron chi connectivity index (χ1n) is 7.19. The maximum absolute atomic E-state index is 13.7. The van der Waals surface area contributed by atoms with Gasteiger partial charge in [-0.3, -0.25) is 4.79 Å². The number of rotatable bonds is 2. The lowest BCUT2D eigenvalue weighted by Gasteiger charge is -2.36. The summed E-state index contributed by atoms with van der Waals surface area (Å²) in [6.45, 7) is 2.33. The van der Waals surface area contributed by atoms with E-state index in [0.717, 1.165) is 5.69 Å². The Bertz CT molecular complexity index is 665. The van der Waals surface area contributed by atoms with E-state index < -0.39 is 5.82 Å². The fourth-order valence-corrected chi connectivity index (χ4v) is 2.62. The maximum atomic E-state index is 13.7. The Labute approximate surface area is 127 Å². The zero-order chi connectivity index (χ0) is 15.5. The van der Waals surface area contributed by atoms with Gasteiger partial charge in [0.25, 0.3) is 5.91 Å². The van der Waals surface area contributed by atoms with Gasteiger partial charge in [-0.2, -0.15) is 0 Å². The zero-order valence-corrected chi connectivity index (χ0v) is 12.0. The van der Waals surface area contributed by atoms with Gasteiger partial charge in [-0.1, -0.05) is 12.1 Å². The number of anilines is 1. The molecule has 0 saturated carbocycles. The first-order valence-corrected chi connectivity index (χ1v) is 7.19. The molecule has 0 spiro atoms. The van der Waals surface area contributed by atoms with Crippen molar-refractivity contribution >= 4 is 11.6 Å². The topological polar surface area (TPSA) is 23.6 Å². The van der Waals surface area contributed by atoms with E-state index >= 15 is 0 Å². The van der Waals surface area contributed by atoms with Crippen LogP contribution in [0.2, 0.25) is 0 Å². The van der Waals surface area contributed by atoms with Crippen LogP contribution in [0.1, 0.15) is 10.4 Å². The van der Waals surface area contributed by atoms with Crippen molar-refractivity contribution in [3.8, 4) is 0 Å². The SMILES string of the molecule is O=C(c1ccccc1F)N1CCN(c2ccc(F)cc2)CC1. The van der Waals surface area contributed by atoms with Crippen molar-refractivity contribution in [2.75, 3.05) is 31.1 Å². The summed E-state index contributed by atoms with van der Waals surface area (Å²) in [7, 11) is 0. The molecule has 1 heterocycles. The number of benzene rings is 2. The molecule has 2 aromatic rings. The quantitative estimate of drug-likeness (QED) is 0.851. The van der Waals surface area contributed by atoms with Gasteiger partial charge in [0.15, 0.2) is 0 Å². The van der Waals surface area contributed by atoms with Crippen molar-refractivity contribution in [3.63, 3.8) is 0 Å². The van der Waals surface area contributed by atoms with Crippen LogP contribution in [0, 0.1) is 11.6 Å². The van der Waals surface area contributed by atoms with Crippen LogP contribution in [0.25, 0.3) is 0 Å². The van der Waals surface area contributed by atoms with Gasteiger partial charge in [0, 0.05) is 31.9 Å². The molecule has 0 bridgehead atoms. The molecule has 0 atom stereocenters. The highest BCUT2D eigenvalue weighted by Crippen LogP contribution is 2.18. The standard InChI is InChI=1S/C17H16F2N2O/c18-13-5-7-14(8-6-13)20-9-11-21(12-10-20)17(22)15-3-1-2-4-16(15)19/h1-8H,9-12H2. The molecule has 1 saturated heterocycles. The fraction of sp³-hybridized carbons (Fsp3) is 0.235. The number of halogens is 2. The highest BCUT2D eigenvalue weighted by atomic mass is 19.1. The third-order valence-corrected chi connectivity index (χ3v) is 3.86. The summed E-state index contributed by atoms with van der Waals surface area (Å²) < 4.78 is 26.6. The maximum Gasteiger partial charge on any atom is 0.256 e. The predicted molar refractivity (Wildman–Crippen MR) is 80.9 cm³/mol. The molecule has 22 heavy (non-hydrogen) atoms. The number of hydrogen-bond donors (Lipinski definition) is 0. The van der Waals surface area contributed by atoms with Crippen molar-refractivity contribution in [2.45, 2.75) is 0 Å². The molecule has 1 aliphatic heterocycles. The minimum Gasteiger partial charge on any atom is -0.368 e. The van der Waals surface area contributed by atoms with Crippen LogP contribution in [0.4, 0.5) is 14.5 Å². The minimum absolute atomic E-state index is 0.109. The van der Waals surface area contributed by atoms with Crippen LogP contribution in [-0.2, 0) is 0 Å². The summed E-state index contributed by atoms with van der Waals surface area (Å²) in [6.07, 6.45) is 0. The second kappa shape index (κ2) is 6.13. The summed E-state index contributed by atoms with van der Waals surface area (Å²) >= 11 is 0. The first kappa shape index (κ1) is 14.5. The van der Waals surface area contributed by atoms with Crippen molar-refractivity contribution in [3.05, 3.63) is 65.7 Å². The molecule has 3 rings (SSSR count). The Morgan fingerprint density at radius 2 is 1.50 bits per heavy atom. The third kappa shape index (κ3) is 2.93. The Kier molecular flexibility index (Phi) is 4.04. The Morgan fingerprint density at radius 1 is 0.864 bits per heavy atom. The molecule has 1 amide bonds. The number of carbonyl (C=O) groups excluding carboxylic acids is 1. The van der Waals surface area contributed by atoms with Gasteiger partial charge in [0.1, 0.15) is 11.6 Å². The number of carbonyl (C=O) groups is 1. The van der Waals surface area contributed by atoms with E-state index in [1.807, 2.05) is 0 Å². The average Bonchev–Trinajstić information content (AvgIpc) is 2.56. The van der Waals surface area contributed by atoms with E-state index in [1.54, 1.807) is 29.2 Å². The smallest absolute Gasteiger partial charge is 0.256 e. The lowest BCUT2D eigenvalue weighted by atomic mass is 10.1. The van der Waals surface area contributed by atoms with Crippen LogP contribution in [0.15, 0.2) is 48.5 Å². The van der Waals surface area contributed by atoms with Crippen LogP contribution in [0.3, 0.4) is 0 Å². The van der Waals surface area contributed by atoms with E-state index in [9.17, 15) is 13.6 Å². The predicted octanol–water partition coefficient (Wildman–Crippen LogP) is 2.93. The first-order chi connectivity index (χ1) is 10.6. The summed E-state index contributed by atoms with van der Waals surface area (Å²) in [5.41, 5.74) is 1.04. The molecular formula is C17H16F2N2O. The number of piperazine rings is 1. The Hall–Kier alpha value is -2.43. The molecule has 114 valence electrons. The van der Waals surface area contributed by atoms with Crippen molar-refractivity contribution in [1.29, 1.82) is 0 Å². The lowest BCUT2D eigenvalue weighted by Crippen LogP contribution is -2.49. The molecule has 0 aromatic heterocycles. The molecule has 0 aliphatic carbocycles. The fourth-order valence-electron chi connectivity index (χ4n) is 2.62. The molecule has 1 aliphatic rings. The van der Waals surface area contributed by atoms with Gasteiger partial charge in [0.05, 0.1) is 5.56 Å². The number of nitrogens with zero attached hydrogens (tertiary/aromatic N) is 2. The van der Waals surface area contributed by atoms with Crippen LogP contribution in [-0.4, -0.2) is 37.0 Å². The molecule has 3 nitrogen and oxygen atoms in total. The van der Waals surface area contributed by atoms with Gasteiger partial charge in [0.2, 0.25) is 0 Å². The second-order valence-electron chi connectivity index (χ2n) is 5.24. The third-order valence-electron chi connectivity index (χ3n) is 3.86. The van der Waals surface area contributed by atoms with E-state index in [2.05, 4.69) is 4.90 Å². The highest BCUT2D eigenvalue weighted by Gasteiger charge is 2.23. The minimum atomic E-state index is -0.492. The van der Waals surface area contributed by atoms with Crippen molar-refractivity contribution in [2.24, 2.45) is 0 Å². The molecule has 0 N–H and O–H groups in total. The van der Waals surface area contributed by atoms with Gasteiger partial charge in [-0.15, -0.1) is 0 Å². The molecule has 0 radical (unpaired) electrons. The normalized spacial score (nSPS) is 15.0. The van der Waals surface area contributed by atoms with Gasteiger partial charge in [-0.05, 0) is 36.4 Å². The zero-order valence-electron chi connectivity index (χ0n) is 12.0. The molecule has 2 aromatic carbocycles. The summed E-state index contributed by atoms with van der Waals surface area (Å²) in [6, 6.07) is 12.3. The highest BCUT2D eigenvalue weighted by molar-refractivity contribution is 5.94. The van der Waals surface area contributed by atoms with E-state index in [4.69, 9.17) is 0 Å². The Balaban J connectivity index is 1.65. The Morgan fingerprint density at radius 3 is 2.14 bits per heavy atom. The van der Waals surface area contributed by atoms with Crippen molar-refractivity contribution in [1.82, 2.24) is 4.90 Å². The van der Waals surface area contributed by atoms with Gasteiger partial charge in [-0.25, -0.2) is 8.78 Å². The van der Waals surface area contributed by atoms with Crippen LogP contribution < -0.4 is 4.90 Å². The van der Waals surface area contributed by atoms with Gasteiger partial charge >= 0.3 is 0 Å². The summed E-state index contributed by atoms with van der Waals surface area (Å²) in [5.74, 6) is -1.04. The molecule has 0 unspecified atom stereocenters. The summed E-state index contributed by atoms with van der Waals surface area (Å²) in [5, 5.41) is 0. The molecular weight excluding hydrogens is 286 g/mol. The van der Waals surface area contributed by atoms with E-state index in [-0.39, 0.29) is 17.3 Å². The lowest BCUT2D eigenvalue weighted by molar-refractivity contribution is 0.0742. The largest absolute Gasteiger partial charge is 0.368 e. The van der Waals surface area contributed by atoms with E-state index in [1.165, 1.54) is 24.3 Å². The number of hydrogen-bond acceptors (Lipinski definition) is 2. The van der Waals surface area contributed by atoms with Crippen molar-refractivity contribution < 1.29 is 13.6 Å². The summed E-state index contributed by atoms with van der Waals surface area (Å²) in [4.78, 5) is 16.1. The van der Waals surface area contributed by atoms with E-state index in [0.29, 0.717) is 26.2 Å². The second-order valence-corrected chi connectivity index (χ2v) is 5.24. The number of amides is 1. The molecule has 5 heteroatoms. The average molecular weight is 302 g/mol. The van der Waals surface area contributed by atoms with Crippen LogP contribution in [0.5, 0.6) is 0 Å². The van der Waals surface area contributed by atoms with Gasteiger partial charge < -0.3 is 9.80 Å². The molecule has 1 fully saturated rings.